The fourth-order valence-corrected chi connectivity index (χ4v) is 1.52. The van der Waals surface area contributed by atoms with E-state index in [4.69, 9.17) is 27.9 Å². The van der Waals surface area contributed by atoms with Gasteiger partial charge in [0, 0.05) is 6.20 Å². The zero-order valence-electron chi connectivity index (χ0n) is 10.8. The van der Waals surface area contributed by atoms with Gasteiger partial charge in [-0.05, 0) is 39.3 Å². The minimum atomic E-state index is -0.528. The van der Waals surface area contributed by atoms with E-state index in [9.17, 15) is 4.79 Å². The summed E-state index contributed by atoms with van der Waals surface area (Å²) in [6.45, 7) is 7.22. The third kappa shape index (κ3) is 4.70. The fraction of sp³-hybridized carbons (Fsp3) is 0.500. The topological polar surface area (TPSA) is 51.2 Å². The van der Waals surface area contributed by atoms with Crippen LogP contribution in [0.15, 0.2) is 12.3 Å². The zero-order valence-corrected chi connectivity index (χ0v) is 12.3. The first kappa shape index (κ1) is 15.1. The standard InChI is InChI=1S/C12H16Cl2N2O2/c1-7(16-11(17)18-12(2,3)4)8-5-9(13)10(14)15-6-8/h5-7H,1-4H3,(H,16,17). The quantitative estimate of drug-likeness (QED) is 0.839. The molecule has 0 saturated heterocycles. The average molecular weight is 291 g/mol. The number of amides is 1. The van der Waals surface area contributed by atoms with Crippen molar-refractivity contribution in [2.75, 3.05) is 0 Å². The Hall–Kier alpha value is -1.000. The first-order valence-electron chi connectivity index (χ1n) is 5.49. The van der Waals surface area contributed by atoms with E-state index in [1.165, 1.54) is 0 Å². The van der Waals surface area contributed by atoms with Crippen LogP contribution in [-0.4, -0.2) is 16.7 Å². The van der Waals surface area contributed by atoms with E-state index >= 15 is 0 Å². The van der Waals surface area contributed by atoms with Crippen LogP contribution in [0.1, 0.15) is 39.3 Å². The highest BCUT2D eigenvalue weighted by Crippen LogP contribution is 2.23. The number of hydrogen-bond donors (Lipinski definition) is 1. The molecule has 18 heavy (non-hydrogen) atoms. The van der Waals surface area contributed by atoms with Gasteiger partial charge in [0.1, 0.15) is 10.8 Å². The van der Waals surface area contributed by atoms with Crippen molar-refractivity contribution in [1.82, 2.24) is 10.3 Å². The van der Waals surface area contributed by atoms with E-state index in [1.54, 1.807) is 33.0 Å². The second kappa shape index (κ2) is 5.76. The number of carbonyl (C=O) groups excluding carboxylic acids is 1. The number of carbonyl (C=O) groups is 1. The highest BCUT2D eigenvalue weighted by molar-refractivity contribution is 6.41. The summed E-state index contributed by atoms with van der Waals surface area (Å²) in [5.41, 5.74) is 0.231. The molecule has 6 heteroatoms. The van der Waals surface area contributed by atoms with Crippen molar-refractivity contribution in [3.8, 4) is 0 Å². The zero-order chi connectivity index (χ0) is 13.9. The van der Waals surface area contributed by atoms with Crippen LogP contribution in [0.25, 0.3) is 0 Å². The number of nitrogens with one attached hydrogen (secondary N) is 1. The molecule has 1 N–H and O–H groups in total. The number of ether oxygens (including phenoxy) is 1. The van der Waals surface area contributed by atoms with Crippen molar-refractivity contribution in [1.29, 1.82) is 0 Å². The van der Waals surface area contributed by atoms with Crippen LogP contribution in [0.3, 0.4) is 0 Å². The Morgan fingerprint density at radius 2 is 2.06 bits per heavy atom. The second-order valence-electron chi connectivity index (χ2n) is 4.91. The molecule has 1 amide bonds. The summed E-state index contributed by atoms with van der Waals surface area (Å²) in [6, 6.07) is 1.40. The van der Waals surface area contributed by atoms with E-state index < -0.39 is 11.7 Å². The molecule has 0 aliphatic heterocycles. The van der Waals surface area contributed by atoms with Crippen LogP contribution in [0.2, 0.25) is 10.2 Å². The Labute approximate surface area is 117 Å². The Balaban J connectivity index is 2.68. The lowest BCUT2D eigenvalue weighted by Gasteiger charge is -2.22. The maximum Gasteiger partial charge on any atom is 0.408 e. The summed E-state index contributed by atoms with van der Waals surface area (Å²) < 4.78 is 5.15. The van der Waals surface area contributed by atoms with Gasteiger partial charge in [-0.1, -0.05) is 23.2 Å². The van der Waals surface area contributed by atoms with Gasteiger partial charge in [0.2, 0.25) is 0 Å². The van der Waals surface area contributed by atoms with Gasteiger partial charge in [-0.15, -0.1) is 0 Å². The van der Waals surface area contributed by atoms with E-state index in [0.29, 0.717) is 5.02 Å². The van der Waals surface area contributed by atoms with Crippen molar-refractivity contribution < 1.29 is 9.53 Å². The van der Waals surface area contributed by atoms with Gasteiger partial charge in [-0.25, -0.2) is 9.78 Å². The molecule has 1 rings (SSSR count). The first-order chi connectivity index (χ1) is 8.19. The molecule has 100 valence electrons. The SMILES string of the molecule is CC(NC(=O)OC(C)(C)C)c1cnc(Cl)c(Cl)c1. The second-order valence-corrected chi connectivity index (χ2v) is 5.67. The van der Waals surface area contributed by atoms with Gasteiger partial charge < -0.3 is 10.1 Å². The number of hydrogen-bond acceptors (Lipinski definition) is 3. The van der Waals surface area contributed by atoms with E-state index in [-0.39, 0.29) is 11.2 Å². The van der Waals surface area contributed by atoms with Crippen LogP contribution in [-0.2, 0) is 4.74 Å². The molecule has 1 aromatic heterocycles. The van der Waals surface area contributed by atoms with Crippen molar-refractivity contribution >= 4 is 29.3 Å². The Morgan fingerprint density at radius 1 is 1.44 bits per heavy atom. The minimum Gasteiger partial charge on any atom is -0.444 e. The summed E-state index contributed by atoms with van der Waals surface area (Å²) in [6.07, 6.45) is 1.08. The van der Waals surface area contributed by atoms with Gasteiger partial charge in [0.25, 0.3) is 0 Å². The predicted molar refractivity (Wildman–Crippen MR) is 72.0 cm³/mol. The van der Waals surface area contributed by atoms with Gasteiger partial charge in [-0.2, -0.15) is 0 Å². The number of pyridine rings is 1. The maximum atomic E-state index is 11.6. The third-order valence-corrected chi connectivity index (χ3v) is 2.74. The molecule has 0 aliphatic carbocycles. The minimum absolute atomic E-state index is 0.241. The fourth-order valence-electron chi connectivity index (χ4n) is 1.24. The number of halogens is 2. The van der Waals surface area contributed by atoms with Crippen LogP contribution in [0.4, 0.5) is 4.79 Å². The Bertz CT molecular complexity index is 444. The molecule has 1 heterocycles. The maximum absolute atomic E-state index is 11.6. The van der Waals surface area contributed by atoms with Crippen molar-refractivity contribution in [2.45, 2.75) is 39.3 Å². The summed E-state index contributed by atoms with van der Waals surface area (Å²) in [4.78, 5) is 15.5. The monoisotopic (exact) mass is 290 g/mol. The largest absolute Gasteiger partial charge is 0.444 e. The summed E-state index contributed by atoms with van der Waals surface area (Å²) in [5.74, 6) is 0. The molecule has 0 spiro atoms. The molecular formula is C12H16Cl2N2O2. The lowest BCUT2D eigenvalue weighted by atomic mass is 10.1. The van der Waals surface area contributed by atoms with Gasteiger partial charge >= 0.3 is 6.09 Å². The van der Waals surface area contributed by atoms with Gasteiger partial charge in [0.05, 0.1) is 11.1 Å². The molecule has 4 nitrogen and oxygen atoms in total. The molecule has 0 saturated carbocycles. The molecule has 0 bridgehead atoms. The highest BCUT2D eigenvalue weighted by Gasteiger charge is 2.18. The number of aromatic nitrogens is 1. The Morgan fingerprint density at radius 3 is 2.56 bits per heavy atom. The van der Waals surface area contributed by atoms with Crippen LogP contribution < -0.4 is 5.32 Å². The third-order valence-electron chi connectivity index (χ3n) is 2.05. The number of alkyl carbamates (subject to hydrolysis) is 1. The smallest absolute Gasteiger partial charge is 0.408 e. The summed E-state index contributed by atoms with van der Waals surface area (Å²) in [7, 11) is 0. The molecular weight excluding hydrogens is 275 g/mol. The Kier molecular flexibility index (Phi) is 4.82. The molecule has 1 unspecified atom stereocenters. The molecule has 0 fully saturated rings. The summed E-state index contributed by atoms with van der Waals surface area (Å²) in [5, 5.41) is 3.29. The molecule has 0 aliphatic rings. The number of rotatable bonds is 2. The van der Waals surface area contributed by atoms with Crippen molar-refractivity contribution in [3.05, 3.63) is 28.0 Å². The lowest BCUT2D eigenvalue weighted by Crippen LogP contribution is -2.34. The van der Waals surface area contributed by atoms with Crippen molar-refractivity contribution in [3.63, 3.8) is 0 Å². The van der Waals surface area contributed by atoms with Gasteiger partial charge in [-0.3, -0.25) is 0 Å². The van der Waals surface area contributed by atoms with E-state index in [2.05, 4.69) is 10.3 Å². The van der Waals surface area contributed by atoms with E-state index in [1.807, 2.05) is 6.92 Å². The molecule has 1 atom stereocenters. The normalized spacial score (nSPS) is 13.0. The predicted octanol–water partition coefficient (Wildman–Crippen LogP) is 3.97. The van der Waals surface area contributed by atoms with E-state index in [0.717, 1.165) is 5.56 Å². The van der Waals surface area contributed by atoms with Crippen molar-refractivity contribution in [2.24, 2.45) is 0 Å². The first-order valence-corrected chi connectivity index (χ1v) is 6.25. The molecule has 0 aromatic carbocycles. The van der Waals surface area contributed by atoms with Crippen LogP contribution in [0.5, 0.6) is 0 Å². The molecule has 1 aromatic rings. The summed E-state index contributed by atoms with van der Waals surface area (Å²) >= 11 is 11.6. The van der Waals surface area contributed by atoms with Crippen LogP contribution >= 0.6 is 23.2 Å². The number of nitrogens with zero attached hydrogens (tertiary/aromatic N) is 1. The average Bonchev–Trinajstić information content (AvgIpc) is 2.18. The van der Waals surface area contributed by atoms with Gasteiger partial charge in [0.15, 0.2) is 0 Å². The van der Waals surface area contributed by atoms with Crippen LogP contribution in [0, 0.1) is 0 Å². The highest BCUT2D eigenvalue weighted by atomic mass is 35.5. The molecule has 0 radical (unpaired) electrons. The lowest BCUT2D eigenvalue weighted by molar-refractivity contribution is 0.0508.